The highest BCUT2D eigenvalue weighted by Crippen LogP contribution is 2.38. The second-order valence-electron chi connectivity index (χ2n) is 23.8. The molecule has 0 aromatic carbocycles. The van der Waals surface area contributed by atoms with Crippen LogP contribution in [-0.2, 0) is 25.6 Å². The zero-order valence-corrected chi connectivity index (χ0v) is 52.8. The van der Waals surface area contributed by atoms with Gasteiger partial charge < -0.3 is 19.7 Å². The Kier molecular flexibility index (Phi) is 24.1. The molecule has 0 aliphatic carbocycles. The molecule has 0 unspecified atom stereocenters. The smallest absolute Gasteiger partial charge is 0.306 e. The van der Waals surface area contributed by atoms with Crippen molar-refractivity contribution in [2.75, 3.05) is 19.8 Å². The molecule has 458 valence electrons. The van der Waals surface area contributed by atoms with Crippen LogP contribution in [0, 0.1) is 0 Å². The van der Waals surface area contributed by atoms with E-state index in [1.807, 2.05) is 73.4 Å². The lowest BCUT2D eigenvalue weighted by Gasteiger charge is -2.19. The predicted molar refractivity (Wildman–Crippen MR) is 360 cm³/mol. The van der Waals surface area contributed by atoms with Gasteiger partial charge in [0.05, 0.1) is 58.8 Å². The van der Waals surface area contributed by atoms with Gasteiger partial charge in [-0.3, -0.25) is 14.6 Å². The molecule has 7 aliphatic rings. The maximum absolute atomic E-state index is 13.4. The quantitative estimate of drug-likeness (QED) is 0.0427. The summed E-state index contributed by atoms with van der Waals surface area (Å²) < 4.78 is 13.9. The van der Waals surface area contributed by atoms with Gasteiger partial charge in [0.15, 0.2) is 12.4 Å². The molecule has 12 nitrogen and oxygen atoms in total. The first-order valence-electron chi connectivity index (χ1n) is 32.5. The van der Waals surface area contributed by atoms with Gasteiger partial charge in [-0.25, -0.2) is 24.5 Å². The fourth-order valence-electron chi connectivity index (χ4n) is 12.1. The summed E-state index contributed by atoms with van der Waals surface area (Å²) in [5.74, 6) is -0.429. The summed E-state index contributed by atoms with van der Waals surface area (Å²) in [6.45, 7) is 19.5. The van der Waals surface area contributed by atoms with Crippen LogP contribution in [0.5, 0.6) is 0 Å². The van der Waals surface area contributed by atoms with Crippen molar-refractivity contribution in [1.29, 1.82) is 0 Å². The number of aliphatic imine (C=N–C) groups is 4. The second-order valence-corrected chi connectivity index (χ2v) is 23.8. The van der Waals surface area contributed by atoms with E-state index in [9.17, 15) is 9.59 Å². The van der Waals surface area contributed by atoms with E-state index in [2.05, 4.69) is 122 Å². The number of esters is 2. The number of carbonyl (C=O) groups is 2. The van der Waals surface area contributed by atoms with Crippen molar-refractivity contribution in [3.05, 3.63) is 226 Å². The molecule has 88 heavy (non-hydrogen) atoms. The molecule has 0 radical (unpaired) electrons. The number of nitrogens with one attached hydrogen (secondary N) is 1. The Hall–Kier alpha value is -8.38. The number of ether oxygens (including phenoxy) is 2. The van der Waals surface area contributed by atoms with Crippen LogP contribution in [0.2, 0.25) is 0 Å². The number of aryl methyl sites for hydroxylation is 1. The lowest BCUT2D eigenvalue weighted by molar-refractivity contribution is -0.697. The Morgan fingerprint density at radius 1 is 0.500 bits per heavy atom. The molecule has 2 aromatic rings. The lowest BCUT2D eigenvalue weighted by Crippen LogP contribution is -2.32. The summed E-state index contributed by atoms with van der Waals surface area (Å²) in [6.07, 6.45) is 58.9. The molecule has 0 saturated carbocycles. The van der Waals surface area contributed by atoms with Gasteiger partial charge in [0.1, 0.15) is 6.54 Å². The third kappa shape index (κ3) is 17.9. The van der Waals surface area contributed by atoms with E-state index >= 15 is 0 Å². The summed E-state index contributed by atoms with van der Waals surface area (Å²) in [4.78, 5) is 54.0. The summed E-state index contributed by atoms with van der Waals surface area (Å²) in [7, 11) is 0. The minimum atomic E-state index is -0.214. The van der Waals surface area contributed by atoms with E-state index in [1.165, 1.54) is 99.3 Å². The first-order valence-corrected chi connectivity index (χ1v) is 32.5. The minimum absolute atomic E-state index is 0.214. The number of unbranched alkanes of at least 4 members (excludes halogenated alkanes) is 16. The van der Waals surface area contributed by atoms with Crippen LogP contribution in [0.1, 0.15) is 169 Å². The molecule has 0 atom stereocenters. The lowest BCUT2D eigenvalue weighted by atomic mass is 9.96. The normalized spacial score (nSPS) is 16.8. The summed E-state index contributed by atoms with van der Waals surface area (Å²) in [5.41, 5.74) is 18.7. The van der Waals surface area contributed by atoms with E-state index in [0.717, 1.165) is 142 Å². The SMILES string of the molecule is C=CC1=C(C)C2=NC1=CC1=NC(=CC3=NC(=CC4=NC(=C2)C(C)=C4CCC(=O)OCCCCCCCCCCC[n+]2ccc(-c4ccncc4)cc2)C(CCC(=O)OCCCCCCCCCCCN2C=CC(=C4C=CNC=C4)C=C2)=C3C)C(C=C)=C1C. The summed E-state index contributed by atoms with van der Waals surface area (Å²) in [6, 6.07) is 8.44. The van der Waals surface area contributed by atoms with Gasteiger partial charge in [-0.2, -0.15) is 0 Å². The third-order valence-corrected chi connectivity index (χ3v) is 17.5. The zero-order chi connectivity index (χ0) is 61.5. The highest BCUT2D eigenvalue weighted by molar-refractivity contribution is 6.20. The van der Waals surface area contributed by atoms with Crippen LogP contribution < -0.4 is 9.88 Å². The number of allylic oxidation sites excluding steroid dienone is 18. The van der Waals surface area contributed by atoms with Crippen LogP contribution in [0.15, 0.2) is 246 Å². The summed E-state index contributed by atoms with van der Waals surface area (Å²) >= 11 is 0. The second kappa shape index (κ2) is 33.1. The number of hydrogen-bond acceptors (Lipinski definition) is 11. The van der Waals surface area contributed by atoms with Crippen LogP contribution in [0.3, 0.4) is 0 Å². The first-order chi connectivity index (χ1) is 43.1. The fraction of sp³-hybridized carbons (Fsp3) is 0.395. The topological polar surface area (TPSA) is 134 Å². The van der Waals surface area contributed by atoms with Gasteiger partial charge in [0.25, 0.3) is 0 Å². The maximum atomic E-state index is 13.4. The molecule has 8 bridgehead atoms. The molecule has 1 N–H and O–H groups in total. The summed E-state index contributed by atoms with van der Waals surface area (Å²) in [5, 5.41) is 3.09. The van der Waals surface area contributed by atoms with Gasteiger partial charge >= 0.3 is 11.9 Å². The van der Waals surface area contributed by atoms with Gasteiger partial charge in [0.2, 0.25) is 0 Å². The van der Waals surface area contributed by atoms with Crippen molar-refractivity contribution in [2.24, 2.45) is 20.0 Å². The number of rotatable bonds is 33. The molecule has 9 rings (SSSR count). The molecule has 7 aliphatic heterocycles. The number of pyridine rings is 2. The fourth-order valence-corrected chi connectivity index (χ4v) is 12.1. The molecular formula is C76H91N8O4+. The maximum Gasteiger partial charge on any atom is 0.306 e. The number of nitrogens with zero attached hydrogens (tertiary/aromatic N) is 7. The molecule has 2 aromatic heterocycles. The number of dihydropyridines is 1. The number of fused-ring (bicyclic) bond motifs is 4. The van der Waals surface area contributed by atoms with Crippen molar-refractivity contribution in [3.8, 4) is 11.1 Å². The molecule has 0 amide bonds. The molecule has 9 heterocycles. The highest BCUT2D eigenvalue weighted by Gasteiger charge is 2.29. The number of carbonyl (C=O) groups excluding carboxylic acids is 2. The number of aromatic nitrogens is 2. The van der Waals surface area contributed by atoms with E-state index < -0.39 is 0 Å². The molecule has 0 saturated heterocycles. The Balaban J connectivity index is 0.735. The highest BCUT2D eigenvalue weighted by atomic mass is 16.5. The van der Waals surface area contributed by atoms with Crippen molar-refractivity contribution in [1.82, 2.24) is 15.2 Å². The largest absolute Gasteiger partial charge is 0.466 e. The van der Waals surface area contributed by atoms with Crippen LogP contribution in [0.25, 0.3) is 11.1 Å². The Bertz CT molecular complexity index is 3450. The van der Waals surface area contributed by atoms with Crippen LogP contribution in [-0.4, -0.2) is 64.4 Å². The van der Waals surface area contributed by atoms with Gasteiger partial charge in [-0.05, 0) is 183 Å². The van der Waals surface area contributed by atoms with Gasteiger partial charge in [-0.1, -0.05) is 109 Å². The molecule has 12 heteroatoms. The first kappa shape index (κ1) is 64.1. The van der Waals surface area contributed by atoms with Crippen molar-refractivity contribution in [3.63, 3.8) is 0 Å². The Labute approximate surface area is 523 Å². The Morgan fingerprint density at radius 2 is 0.943 bits per heavy atom. The standard InChI is InChI=1S/C76H91N8O4/c1-7-63-55(3)67-51-68-57(5)65(27-29-75(85)87-49-25-21-17-13-9-11-15-19-23-43-83-45-35-61(36-46-83)59-31-39-77-40-32-59)73(81-68)54-74-66(58(6)70(82-74)53-72-64(8-2)56(4)69(80-72)52-71(63)79-67)28-30-76(86)88-50-26-22-18-14-10-12-16-20-24-44-84-47-37-62(38-48-84)60-33-41-78-42-34-60/h7-8,31-42,45-48,51-54,78H,1-2,9-30,43-44,49-50H2,3-6H3/q+1. The van der Waals surface area contributed by atoms with Gasteiger partial charge in [-0.15, -0.1) is 0 Å². The van der Waals surface area contributed by atoms with E-state index in [4.69, 9.17) is 29.4 Å². The number of hydrogen-bond donors (Lipinski definition) is 1. The third-order valence-electron chi connectivity index (χ3n) is 17.5. The average molecular weight is 1180 g/mol. The average Bonchev–Trinajstić information content (AvgIpc) is 3.14. The van der Waals surface area contributed by atoms with Gasteiger partial charge in [0, 0.05) is 86.3 Å². The van der Waals surface area contributed by atoms with E-state index in [1.54, 1.807) is 0 Å². The van der Waals surface area contributed by atoms with E-state index in [-0.39, 0.29) is 24.8 Å². The zero-order valence-electron chi connectivity index (χ0n) is 52.8. The van der Waals surface area contributed by atoms with Crippen LogP contribution >= 0.6 is 0 Å². The molecule has 0 fully saturated rings. The van der Waals surface area contributed by atoms with E-state index in [0.29, 0.717) is 26.1 Å². The van der Waals surface area contributed by atoms with Crippen molar-refractivity contribution >= 4 is 34.8 Å². The van der Waals surface area contributed by atoms with Crippen LogP contribution in [0.4, 0.5) is 0 Å². The van der Waals surface area contributed by atoms with Crippen molar-refractivity contribution < 1.29 is 23.6 Å². The minimum Gasteiger partial charge on any atom is -0.466 e. The molecular weight excluding hydrogens is 1090 g/mol. The van der Waals surface area contributed by atoms with Crippen molar-refractivity contribution in [2.45, 2.75) is 175 Å². The Morgan fingerprint density at radius 3 is 1.50 bits per heavy atom. The monoisotopic (exact) mass is 1180 g/mol. The molecule has 0 spiro atoms. The predicted octanol–water partition coefficient (Wildman–Crippen LogP) is 17.0.